The topological polar surface area (TPSA) is 124 Å². The standard InChI is InChI=1S/C23H28O10S2/c1-28-18-11-16(12-19(29-2)22(18)32-5)7-9-34(24,25)15-35(26,27)10-8-17-13-20(30-3)23(33-6)21(14-17)31-4/h7-14H,15H2,1-6H3/b9-7+,10-8?. The van der Waals surface area contributed by atoms with Crippen LogP contribution in [0, 0.1) is 0 Å². The summed E-state index contributed by atoms with van der Waals surface area (Å²) in [5, 5.41) is 0.513. The lowest BCUT2D eigenvalue weighted by atomic mass is 10.2. The van der Waals surface area contributed by atoms with Crippen LogP contribution in [0.3, 0.4) is 0 Å². The minimum absolute atomic E-state index is 0.324. The first kappa shape index (κ1) is 27.9. The summed E-state index contributed by atoms with van der Waals surface area (Å²) < 4.78 is 81.4. The van der Waals surface area contributed by atoms with Gasteiger partial charge in [-0.05, 0) is 47.5 Å². The molecule has 0 fully saturated rings. The normalized spacial score (nSPS) is 12.1. The molecule has 10 nitrogen and oxygen atoms in total. The van der Waals surface area contributed by atoms with Crippen LogP contribution in [0.15, 0.2) is 35.1 Å². The van der Waals surface area contributed by atoms with Gasteiger partial charge in [0.25, 0.3) is 0 Å². The van der Waals surface area contributed by atoms with Crippen LogP contribution in [0.4, 0.5) is 0 Å². The van der Waals surface area contributed by atoms with E-state index in [9.17, 15) is 16.8 Å². The molecule has 0 radical (unpaired) electrons. The lowest BCUT2D eigenvalue weighted by Crippen LogP contribution is -2.11. The second-order valence-corrected chi connectivity index (χ2v) is 11.1. The molecule has 0 aliphatic heterocycles. The molecule has 0 atom stereocenters. The number of rotatable bonds is 12. The van der Waals surface area contributed by atoms with E-state index in [2.05, 4.69) is 0 Å². The SMILES string of the molecule is COc1cc(C=CS(=O)(=O)CS(=O)(=O)/C=C/c2cc(OC)c(OC)c(OC)c2)cc(OC)c1OC. The smallest absolute Gasteiger partial charge is 0.203 e. The summed E-state index contributed by atoms with van der Waals surface area (Å²) in [5.74, 6) is 1.98. The Bertz CT molecular complexity index is 1160. The number of benzene rings is 2. The molecule has 0 heterocycles. The van der Waals surface area contributed by atoms with Crippen molar-refractivity contribution in [3.05, 3.63) is 46.2 Å². The molecule has 0 aliphatic carbocycles. The highest BCUT2D eigenvalue weighted by Crippen LogP contribution is 2.39. The molecule has 35 heavy (non-hydrogen) atoms. The van der Waals surface area contributed by atoms with Gasteiger partial charge in [-0.15, -0.1) is 0 Å². The van der Waals surface area contributed by atoms with Crippen LogP contribution in [-0.4, -0.2) is 64.6 Å². The molecule has 0 aliphatic rings. The molecule has 2 rings (SSSR count). The summed E-state index contributed by atoms with van der Waals surface area (Å²) >= 11 is 0. The van der Waals surface area contributed by atoms with Crippen LogP contribution in [0.1, 0.15) is 11.1 Å². The molecule has 0 aromatic heterocycles. The third kappa shape index (κ3) is 7.30. The highest BCUT2D eigenvalue weighted by atomic mass is 32.3. The van der Waals surface area contributed by atoms with Gasteiger partial charge in [-0.1, -0.05) is 0 Å². The first-order chi connectivity index (χ1) is 16.5. The Kier molecular flexibility index (Phi) is 9.43. The maximum absolute atomic E-state index is 12.5. The molecule has 0 unspecified atom stereocenters. The van der Waals surface area contributed by atoms with Crippen molar-refractivity contribution in [3.63, 3.8) is 0 Å². The largest absolute Gasteiger partial charge is 0.493 e. The summed E-state index contributed by atoms with van der Waals surface area (Å²) in [7, 11) is 0.313. The van der Waals surface area contributed by atoms with Crippen LogP contribution in [0.25, 0.3) is 12.2 Å². The molecule has 2 aromatic carbocycles. The van der Waals surface area contributed by atoms with E-state index in [1.165, 1.54) is 79.1 Å². The van der Waals surface area contributed by atoms with Gasteiger partial charge in [0, 0.05) is 10.8 Å². The summed E-state index contributed by atoms with van der Waals surface area (Å²) in [4.78, 5) is 0. The average Bonchev–Trinajstić information content (AvgIpc) is 2.84. The minimum Gasteiger partial charge on any atom is -0.493 e. The van der Waals surface area contributed by atoms with Gasteiger partial charge in [-0.2, -0.15) is 0 Å². The van der Waals surface area contributed by atoms with Gasteiger partial charge in [0.05, 0.1) is 42.7 Å². The third-order valence-corrected chi connectivity index (χ3v) is 8.37. The zero-order valence-electron chi connectivity index (χ0n) is 20.2. The predicted octanol–water partition coefficient (Wildman–Crippen LogP) is 3.17. The molecule has 0 bridgehead atoms. The fourth-order valence-corrected chi connectivity index (χ4v) is 6.26. The first-order valence-corrected chi connectivity index (χ1v) is 13.4. The third-order valence-electron chi connectivity index (χ3n) is 4.64. The van der Waals surface area contributed by atoms with E-state index < -0.39 is 24.8 Å². The number of hydrogen-bond donors (Lipinski definition) is 0. The predicted molar refractivity (Wildman–Crippen MR) is 133 cm³/mol. The number of sulfone groups is 2. The maximum Gasteiger partial charge on any atom is 0.203 e. The summed E-state index contributed by atoms with van der Waals surface area (Å²) in [6.07, 6.45) is 2.50. The Labute approximate surface area is 205 Å². The quantitative estimate of drug-likeness (QED) is 0.406. The Morgan fingerprint density at radius 2 is 0.829 bits per heavy atom. The lowest BCUT2D eigenvalue weighted by molar-refractivity contribution is 0.324. The van der Waals surface area contributed by atoms with Crippen LogP contribution in [-0.2, 0) is 19.7 Å². The van der Waals surface area contributed by atoms with Gasteiger partial charge < -0.3 is 28.4 Å². The van der Waals surface area contributed by atoms with Gasteiger partial charge in [0.15, 0.2) is 47.8 Å². The van der Waals surface area contributed by atoms with Crippen molar-refractivity contribution in [1.29, 1.82) is 0 Å². The van der Waals surface area contributed by atoms with Crippen molar-refractivity contribution in [1.82, 2.24) is 0 Å². The van der Waals surface area contributed by atoms with E-state index in [0.29, 0.717) is 45.6 Å². The van der Waals surface area contributed by atoms with E-state index in [-0.39, 0.29) is 0 Å². The second-order valence-electron chi connectivity index (χ2n) is 6.97. The molecule has 0 spiro atoms. The van der Waals surface area contributed by atoms with E-state index in [1.807, 2.05) is 0 Å². The van der Waals surface area contributed by atoms with Crippen molar-refractivity contribution in [2.75, 3.05) is 47.7 Å². The van der Waals surface area contributed by atoms with Crippen LogP contribution >= 0.6 is 0 Å². The van der Waals surface area contributed by atoms with Gasteiger partial charge >= 0.3 is 0 Å². The van der Waals surface area contributed by atoms with Crippen molar-refractivity contribution in [3.8, 4) is 34.5 Å². The fourth-order valence-electron chi connectivity index (χ4n) is 3.07. The Balaban J connectivity index is 2.28. The van der Waals surface area contributed by atoms with Crippen LogP contribution in [0.5, 0.6) is 34.5 Å². The van der Waals surface area contributed by atoms with E-state index in [4.69, 9.17) is 28.4 Å². The van der Waals surface area contributed by atoms with Crippen molar-refractivity contribution < 1.29 is 45.3 Å². The van der Waals surface area contributed by atoms with E-state index in [0.717, 1.165) is 10.8 Å². The minimum atomic E-state index is -4.14. The van der Waals surface area contributed by atoms with E-state index >= 15 is 0 Å². The first-order valence-electron chi connectivity index (χ1n) is 9.94. The summed E-state index contributed by atoms with van der Waals surface area (Å²) in [5.41, 5.74) is 0.821. The molecule has 192 valence electrons. The summed E-state index contributed by atoms with van der Waals surface area (Å²) in [6.45, 7) is 0. The molecular formula is C23H28O10S2. The van der Waals surface area contributed by atoms with Gasteiger partial charge in [-0.3, -0.25) is 0 Å². The van der Waals surface area contributed by atoms with Gasteiger partial charge in [0.1, 0.15) is 0 Å². The molecule has 0 N–H and O–H groups in total. The molecule has 12 heteroatoms. The molecule has 0 saturated carbocycles. The zero-order chi connectivity index (χ0) is 26.2. The molecule has 2 aromatic rings. The molecular weight excluding hydrogens is 500 g/mol. The number of ether oxygens (including phenoxy) is 6. The fraction of sp³-hybridized carbons (Fsp3) is 0.304. The number of hydrogen-bond acceptors (Lipinski definition) is 10. The monoisotopic (exact) mass is 528 g/mol. The van der Waals surface area contributed by atoms with Crippen molar-refractivity contribution in [2.24, 2.45) is 0 Å². The van der Waals surface area contributed by atoms with E-state index in [1.54, 1.807) is 0 Å². The highest BCUT2D eigenvalue weighted by molar-refractivity contribution is 8.10. The van der Waals surface area contributed by atoms with Gasteiger partial charge in [-0.25, -0.2) is 16.8 Å². The molecule has 0 saturated heterocycles. The second kappa shape index (κ2) is 11.8. The highest BCUT2D eigenvalue weighted by Gasteiger charge is 2.19. The molecule has 0 amide bonds. The maximum atomic E-state index is 12.5. The average molecular weight is 529 g/mol. The van der Waals surface area contributed by atoms with Crippen LogP contribution in [0.2, 0.25) is 0 Å². The zero-order valence-corrected chi connectivity index (χ0v) is 21.9. The Hall–Kier alpha value is -3.38. The summed E-state index contributed by atoms with van der Waals surface area (Å²) in [6, 6.07) is 6.14. The Morgan fingerprint density at radius 3 is 1.06 bits per heavy atom. The van der Waals surface area contributed by atoms with Crippen LogP contribution < -0.4 is 28.4 Å². The Morgan fingerprint density at radius 1 is 0.543 bits per heavy atom. The van der Waals surface area contributed by atoms with Crippen molar-refractivity contribution in [2.45, 2.75) is 0 Å². The number of methoxy groups -OCH3 is 6. The van der Waals surface area contributed by atoms with Gasteiger partial charge in [0.2, 0.25) is 11.5 Å². The lowest BCUT2D eigenvalue weighted by Gasteiger charge is -2.13. The van der Waals surface area contributed by atoms with Crippen molar-refractivity contribution >= 4 is 31.8 Å².